The SMILES string of the molecule is CC(C)CCCOc1nc(N)nc2ccccc12. The van der Waals surface area contributed by atoms with Gasteiger partial charge in [-0.3, -0.25) is 0 Å². The van der Waals surface area contributed by atoms with Gasteiger partial charge in [0.2, 0.25) is 11.8 Å². The zero-order valence-corrected chi connectivity index (χ0v) is 10.9. The summed E-state index contributed by atoms with van der Waals surface area (Å²) < 4.78 is 5.72. The summed E-state index contributed by atoms with van der Waals surface area (Å²) in [5.74, 6) is 1.54. The van der Waals surface area contributed by atoms with E-state index < -0.39 is 0 Å². The summed E-state index contributed by atoms with van der Waals surface area (Å²) in [7, 11) is 0. The van der Waals surface area contributed by atoms with E-state index in [2.05, 4.69) is 23.8 Å². The highest BCUT2D eigenvalue weighted by atomic mass is 16.5. The first-order valence-electron chi connectivity index (χ1n) is 6.32. The summed E-state index contributed by atoms with van der Waals surface area (Å²) in [5, 5.41) is 0.913. The maximum absolute atomic E-state index is 5.72. The maximum Gasteiger partial charge on any atom is 0.226 e. The number of rotatable bonds is 5. The fraction of sp³-hybridized carbons (Fsp3) is 0.429. The second-order valence-electron chi connectivity index (χ2n) is 4.79. The largest absolute Gasteiger partial charge is 0.477 e. The minimum atomic E-state index is 0.257. The van der Waals surface area contributed by atoms with Crippen molar-refractivity contribution in [1.82, 2.24) is 9.97 Å². The fourth-order valence-corrected chi connectivity index (χ4v) is 1.84. The van der Waals surface area contributed by atoms with Crippen molar-refractivity contribution in [2.24, 2.45) is 5.92 Å². The van der Waals surface area contributed by atoms with Gasteiger partial charge >= 0.3 is 0 Å². The highest BCUT2D eigenvalue weighted by molar-refractivity contribution is 5.84. The summed E-state index contributed by atoms with van der Waals surface area (Å²) in [6.07, 6.45) is 2.17. The van der Waals surface area contributed by atoms with E-state index in [9.17, 15) is 0 Å². The lowest BCUT2D eigenvalue weighted by Gasteiger charge is -2.09. The maximum atomic E-state index is 5.72. The molecule has 1 heterocycles. The van der Waals surface area contributed by atoms with Crippen LogP contribution in [0.5, 0.6) is 5.88 Å². The molecule has 96 valence electrons. The summed E-state index contributed by atoms with van der Waals surface area (Å²) >= 11 is 0. The molecule has 0 aliphatic rings. The van der Waals surface area contributed by atoms with Crippen molar-refractivity contribution in [3.8, 4) is 5.88 Å². The average Bonchev–Trinajstić information content (AvgIpc) is 2.34. The number of ether oxygens (including phenoxy) is 1. The monoisotopic (exact) mass is 245 g/mol. The van der Waals surface area contributed by atoms with Crippen LogP contribution in [0.15, 0.2) is 24.3 Å². The van der Waals surface area contributed by atoms with Crippen LogP contribution in [0.4, 0.5) is 5.95 Å². The van der Waals surface area contributed by atoms with Gasteiger partial charge in [0, 0.05) is 0 Å². The average molecular weight is 245 g/mol. The molecule has 0 spiro atoms. The smallest absolute Gasteiger partial charge is 0.226 e. The zero-order chi connectivity index (χ0) is 13.0. The van der Waals surface area contributed by atoms with Crippen LogP contribution in [-0.4, -0.2) is 16.6 Å². The molecule has 0 aliphatic heterocycles. The van der Waals surface area contributed by atoms with Crippen LogP contribution in [0.2, 0.25) is 0 Å². The minimum Gasteiger partial charge on any atom is -0.477 e. The van der Waals surface area contributed by atoms with E-state index in [4.69, 9.17) is 10.5 Å². The Bertz CT molecular complexity index is 525. The summed E-state index contributed by atoms with van der Waals surface area (Å²) in [4.78, 5) is 8.34. The molecule has 0 aliphatic carbocycles. The lowest BCUT2D eigenvalue weighted by molar-refractivity contribution is 0.291. The van der Waals surface area contributed by atoms with Crippen LogP contribution in [0.25, 0.3) is 10.9 Å². The number of para-hydroxylation sites is 1. The van der Waals surface area contributed by atoms with E-state index >= 15 is 0 Å². The van der Waals surface area contributed by atoms with Gasteiger partial charge in [-0.05, 0) is 30.9 Å². The van der Waals surface area contributed by atoms with Crippen molar-refractivity contribution in [1.29, 1.82) is 0 Å². The molecular formula is C14H19N3O. The number of nitrogen functional groups attached to an aromatic ring is 1. The normalized spacial score (nSPS) is 11.1. The summed E-state index contributed by atoms with van der Waals surface area (Å²) in [6.45, 7) is 5.08. The van der Waals surface area contributed by atoms with Crippen molar-refractivity contribution in [3.05, 3.63) is 24.3 Å². The molecule has 0 atom stereocenters. The number of nitrogens with zero attached hydrogens (tertiary/aromatic N) is 2. The lowest BCUT2D eigenvalue weighted by atomic mass is 10.1. The number of nitrogens with two attached hydrogens (primary N) is 1. The number of benzene rings is 1. The van der Waals surface area contributed by atoms with Gasteiger partial charge in [-0.1, -0.05) is 26.0 Å². The molecule has 18 heavy (non-hydrogen) atoms. The molecule has 4 heteroatoms. The van der Waals surface area contributed by atoms with Gasteiger partial charge in [-0.2, -0.15) is 4.98 Å². The van der Waals surface area contributed by atoms with Crippen LogP contribution in [-0.2, 0) is 0 Å². The third kappa shape index (κ3) is 3.09. The lowest BCUT2D eigenvalue weighted by Crippen LogP contribution is -2.04. The second kappa shape index (κ2) is 5.67. The van der Waals surface area contributed by atoms with Crippen LogP contribution in [0.1, 0.15) is 26.7 Å². The molecular weight excluding hydrogens is 226 g/mol. The third-order valence-electron chi connectivity index (χ3n) is 2.75. The Kier molecular flexibility index (Phi) is 3.97. The van der Waals surface area contributed by atoms with Gasteiger partial charge in [0.05, 0.1) is 17.5 Å². The van der Waals surface area contributed by atoms with E-state index in [1.54, 1.807) is 0 Å². The predicted octanol–water partition coefficient (Wildman–Crippen LogP) is 3.03. The van der Waals surface area contributed by atoms with E-state index in [0.29, 0.717) is 18.4 Å². The van der Waals surface area contributed by atoms with Crippen molar-refractivity contribution < 1.29 is 4.74 Å². The molecule has 2 aromatic rings. The van der Waals surface area contributed by atoms with Crippen LogP contribution in [0.3, 0.4) is 0 Å². The Morgan fingerprint density at radius 2 is 2.00 bits per heavy atom. The number of hydrogen-bond acceptors (Lipinski definition) is 4. The second-order valence-corrected chi connectivity index (χ2v) is 4.79. The van der Waals surface area contributed by atoms with Gasteiger partial charge < -0.3 is 10.5 Å². The van der Waals surface area contributed by atoms with Gasteiger partial charge in [0.1, 0.15) is 0 Å². The Morgan fingerprint density at radius 1 is 1.22 bits per heavy atom. The summed E-state index contributed by atoms with van der Waals surface area (Å²) in [6, 6.07) is 7.74. The van der Waals surface area contributed by atoms with Crippen molar-refractivity contribution >= 4 is 16.9 Å². The van der Waals surface area contributed by atoms with Gasteiger partial charge in [0.25, 0.3) is 0 Å². The third-order valence-corrected chi connectivity index (χ3v) is 2.75. The molecule has 1 aromatic carbocycles. The molecule has 2 rings (SSSR count). The molecule has 0 saturated heterocycles. The molecule has 0 saturated carbocycles. The molecule has 0 amide bonds. The Labute approximate surface area is 107 Å². The molecule has 0 unspecified atom stereocenters. The van der Waals surface area contributed by atoms with E-state index in [-0.39, 0.29) is 5.95 Å². The van der Waals surface area contributed by atoms with Gasteiger partial charge in [-0.15, -0.1) is 0 Å². The first-order valence-corrected chi connectivity index (χ1v) is 6.32. The highest BCUT2D eigenvalue weighted by Crippen LogP contribution is 2.23. The highest BCUT2D eigenvalue weighted by Gasteiger charge is 2.06. The van der Waals surface area contributed by atoms with E-state index in [0.717, 1.165) is 23.7 Å². The number of hydrogen-bond donors (Lipinski definition) is 1. The van der Waals surface area contributed by atoms with Crippen molar-refractivity contribution in [2.45, 2.75) is 26.7 Å². The fourth-order valence-electron chi connectivity index (χ4n) is 1.84. The number of fused-ring (bicyclic) bond motifs is 1. The van der Waals surface area contributed by atoms with E-state index in [1.807, 2.05) is 24.3 Å². The van der Waals surface area contributed by atoms with Crippen LogP contribution >= 0.6 is 0 Å². The summed E-state index contributed by atoms with van der Waals surface area (Å²) in [5.41, 5.74) is 6.50. The Morgan fingerprint density at radius 3 is 2.78 bits per heavy atom. The quantitative estimate of drug-likeness (QED) is 0.822. The number of aromatic nitrogens is 2. The first-order chi connectivity index (χ1) is 8.66. The number of anilines is 1. The molecule has 0 radical (unpaired) electrons. The van der Waals surface area contributed by atoms with Crippen molar-refractivity contribution in [3.63, 3.8) is 0 Å². The molecule has 4 nitrogen and oxygen atoms in total. The van der Waals surface area contributed by atoms with Crippen LogP contribution in [0, 0.1) is 5.92 Å². The van der Waals surface area contributed by atoms with E-state index in [1.165, 1.54) is 0 Å². The minimum absolute atomic E-state index is 0.257. The van der Waals surface area contributed by atoms with Crippen molar-refractivity contribution in [2.75, 3.05) is 12.3 Å². The predicted molar refractivity (Wildman–Crippen MR) is 73.5 cm³/mol. The Hall–Kier alpha value is -1.84. The van der Waals surface area contributed by atoms with Crippen LogP contribution < -0.4 is 10.5 Å². The standard InChI is InChI=1S/C14H19N3O/c1-10(2)6-5-9-18-13-11-7-3-4-8-12(11)16-14(15)17-13/h3-4,7-8,10H,5-6,9H2,1-2H3,(H2,15,16,17). The zero-order valence-electron chi connectivity index (χ0n) is 10.9. The molecule has 0 fully saturated rings. The Balaban J connectivity index is 2.12. The molecule has 2 N–H and O–H groups in total. The first kappa shape index (κ1) is 12.6. The van der Waals surface area contributed by atoms with Gasteiger partial charge in [0.15, 0.2) is 0 Å². The molecule has 1 aromatic heterocycles. The van der Waals surface area contributed by atoms with Gasteiger partial charge in [-0.25, -0.2) is 4.98 Å². The topological polar surface area (TPSA) is 61.0 Å². The molecule has 0 bridgehead atoms.